The first-order chi connectivity index (χ1) is 10.9. The molecule has 2 heterocycles. The Morgan fingerprint density at radius 2 is 2.13 bits per heavy atom. The summed E-state index contributed by atoms with van der Waals surface area (Å²) in [6, 6.07) is 4.02. The summed E-state index contributed by atoms with van der Waals surface area (Å²) in [7, 11) is 0. The summed E-state index contributed by atoms with van der Waals surface area (Å²) >= 11 is 0. The molecule has 0 saturated heterocycles. The number of allylic oxidation sites excluding steroid dienone is 1. The average Bonchev–Trinajstić information content (AvgIpc) is 2.72. The van der Waals surface area contributed by atoms with Gasteiger partial charge in [0.25, 0.3) is 11.5 Å². The fourth-order valence-electron chi connectivity index (χ4n) is 2.95. The summed E-state index contributed by atoms with van der Waals surface area (Å²) in [6.45, 7) is 17.9. The van der Waals surface area contributed by atoms with E-state index in [-0.39, 0.29) is 5.41 Å². The van der Waals surface area contributed by atoms with Crippen LogP contribution in [-0.4, -0.2) is 14.5 Å². The van der Waals surface area contributed by atoms with Gasteiger partial charge in [0, 0.05) is 11.7 Å². The average molecular weight is 309 g/mol. The van der Waals surface area contributed by atoms with E-state index in [0.717, 1.165) is 42.1 Å². The van der Waals surface area contributed by atoms with Crippen LogP contribution >= 0.6 is 0 Å². The third-order valence-corrected chi connectivity index (χ3v) is 4.11. The van der Waals surface area contributed by atoms with Gasteiger partial charge in [-0.05, 0) is 43.2 Å². The van der Waals surface area contributed by atoms with Gasteiger partial charge in [-0.1, -0.05) is 38.9 Å². The highest BCUT2D eigenvalue weighted by atomic mass is 15.3. The van der Waals surface area contributed by atoms with Crippen LogP contribution in [0.1, 0.15) is 52.5 Å². The molecule has 2 aromatic rings. The molecule has 0 aromatic carbocycles. The standard InChI is InChI=1S/C18H23N5/c1-12(11-18(2,3)4)20-17-21-14-9-10-15(19-5)22-16(14)23(17)13-7-6-8-13/h9-10,13H,1,6-8,11H2,2-4H3,(H,20,21). The van der Waals surface area contributed by atoms with Gasteiger partial charge in [0.15, 0.2) is 0 Å². The first-order valence-electron chi connectivity index (χ1n) is 8.08. The van der Waals surface area contributed by atoms with E-state index in [1.807, 2.05) is 6.07 Å². The predicted octanol–water partition coefficient (Wildman–Crippen LogP) is 5.07. The molecule has 120 valence electrons. The lowest BCUT2D eigenvalue weighted by Gasteiger charge is -2.28. The van der Waals surface area contributed by atoms with Gasteiger partial charge in [0.05, 0.1) is 0 Å². The van der Waals surface area contributed by atoms with E-state index >= 15 is 0 Å². The summed E-state index contributed by atoms with van der Waals surface area (Å²) in [4.78, 5) is 12.6. The highest BCUT2D eigenvalue weighted by molar-refractivity contribution is 5.77. The Hall–Kier alpha value is -2.35. The lowest BCUT2D eigenvalue weighted by molar-refractivity contribution is 0.322. The van der Waals surface area contributed by atoms with Gasteiger partial charge in [0.1, 0.15) is 5.52 Å². The molecule has 1 N–H and O–H groups in total. The third-order valence-electron chi connectivity index (χ3n) is 4.11. The number of pyridine rings is 1. The van der Waals surface area contributed by atoms with Crippen molar-refractivity contribution in [3.8, 4) is 0 Å². The Labute approximate surface area is 137 Å². The molecule has 1 fully saturated rings. The molecule has 1 saturated carbocycles. The Kier molecular flexibility index (Phi) is 3.85. The second kappa shape index (κ2) is 5.69. The second-order valence-electron chi connectivity index (χ2n) is 7.48. The van der Waals surface area contributed by atoms with Gasteiger partial charge in [0.2, 0.25) is 5.95 Å². The van der Waals surface area contributed by atoms with Crippen LogP contribution in [0.15, 0.2) is 24.4 Å². The lowest BCUT2D eigenvalue weighted by Crippen LogP contribution is -2.20. The normalized spacial score (nSPS) is 15.2. The van der Waals surface area contributed by atoms with Crippen molar-refractivity contribution in [3.63, 3.8) is 0 Å². The van der Waals surface area contributed by atoms with Crippen LogP contribution in [0.3, 0.4) is 0 Å². The molecule has 5 nitrogen and oxygen atoms in total. The number of aromatic nitrogens is 3. The van der Waals surface area contributed by atoms with E-state index in [2.05, 4.69) is 52.0 Å². The predicted molar refractivity (Wildman–Crippen MR) is 93.5 cm³/mol. The first-order valence-corrected chi connectivity index (χ1v) is 8.08. The highest BCUT2D eigenvalue weighted by Gasteiger charge is 2.27. The van der Waals surface area contributed by atoms with Crippen LogP contribution in [0.2, 0.25) is 0 Å². The van der Waals surface area contributed by atoms with Crippen molar-refractivity contribution < 1.29 is 0 Å². The van der Waals surface area contributed by atoms with Gasteiger partial charge in [-0.25, -0.2) is 4.98 Å². The first kappa shape index (κ1) is 15.5. The van der Waals surface area contributed by atoms with E-state index in [4.69, 9.17) is 6.57 Å². The molecule has 0 unspecified atom stereocenters. The number of anilines is 1. The minimum atomic E-state index is 0.174. The second-order valence-corrected chi connectivity index (χ2v) is 7.48. The Bertz CT molecular complexity index is 784. The SMILES string of the molecule is [C-]#[N+]c1ccc2nc(NC(=C)CC(C)(C)C)n(C3CCC3)c2n1. The van der Waals surface area contributed by atoms with Crippen LogP contribution in [0.5, 0.6) is 0 Å². The van der Waals surface area contributed by atoms with E-state index in [1.54, 1.807) is 6.07 Å². The molecular formula is C18H23N5. The summed E-state index contributed by atoms with van der Waals surface area (Å²) in [6.07, 6.45) is 4.38. The smallest absolute Gasteiger partial charge is 0.271 e. The van der Waals surface area contributed by atoms with Crippen molar-refractivity contribution in [1.29, 1.82) is 0 Å². The van der Waals surface area contributed by atoms with Gasteiger partial charge in [-0.3, -0.25) is 4.57 Å². The van der Waals surface area contributed by atoms with Gasteiger partial charge in [-0.2, -0.15) is 0 Å². The summed E-state index contributed by atoms with van der Waals surface area (Å²) in [5, 5.41) is 3.38. The van der Waals surface area contributed by atoms with Gasteiger partial charge < -0.3 is 10.2 Å². The molecule has 0 aliphatic heterocycles. The minimum absolute atomic E-state index is 0.174. The maximum Gasteiger partial charge on any atom is 0.271 e. The quantitative estimate of drug-likeness (QED) is 0.802. The van der Waals surface area contributed by atoms with Crippen molar-refractivity contribution in [2.75, 3.05) is 5.32 Å². The molecular weight excluding hydrogens is 286 g/mol. The fraction of sp³-hybridized carbons (Fsp3) is 0.500. The fourth-order valence-corrected chi connectivity index (χ4v) is 2.95. The summed E-state index contributed by atoms with van der Waals surface area (Å²) < 4.78 is 2.15. The number of imidazole rings is 1. The molecule has 0 amide bonds. The molecule has 2 aromatic heterocycles. The van der Waals surface area contributed by atoms with Crippen molar-refractivity contribution in [2.45, 2.75) is 52.5 Å². The molecule has 0 radical (unpaired) electrons. The molecule has 1 aliphatic carbocycles. The Balaban J connectivity index is 1.99. The number of rotatable bonds is 4. The number of fused-ring (bicyclic) bond motifs is 1. The van der Waals surface area contributed by atoms with Gasteiger partial charge >= 0.3 is 0 Å². The number of hydrogen-bond donors (Lipinski definition) is 1. The maximum atomic E-state index is 7.18. The molecule has 0 bridgehead atoms. The maximum absolute atomic E-state index is 7.18. The monoisotopic (exact) mass is 309 g/mol. The highest BCUT2D eigenvalue weighted by Crippen LogP contribution is 2.37. The number of nitrogens with zero attached hydrogens (tertiary/aromatic N) is 4. The van der Waals surface area contributed by atoms with E-state index < -0.39 is 0 Å². The van der Waals surface area contributed by atoms with Crippen molar-refractivity contribution in [3.05, 3.63) is 35.8 Å². The van der Waals surface area contributed by atoms with Crippen molar-refractivity contribution >= 4 is 22.9 Å². The Morgan fingerprint density at radius 1 is 1.39 bits per heavy atom. The van der Waals surface area contributed by atoms with E-state index in [0.29, 0.717) is 11.9 Å². The van der Waals surface area contributed by atoms with E-state index in [9.17, 15) is 0 Å². The van der Waals surface area contributed by atoms with Crippen LogP contribution < -0.4 is 5.32 Å². The minimum Gasteiger partial charge on any atom is -0.361 e. The Morgan fingerprint density at radius 3 is 2.70 bits per heavy atom. The van der Waals surface area contributed by atoms with E-state index in [1.165, 1.54) is 6.42 Å². The number of hydrogen-bond acceptors (Lipinski definition) is 3. The topological polar surface area (TPSA) is 47.1 Å². The number of nitrogens with one attached hydrogen (secondary N) is 1. The van der Waals surface area contributed by atoms with Crippen LogP contribution in [0.25, 0.3) is 16.0 Å². The zero-order valence-corrected chi connectivity index (χ0v) is 14.1. The van der Waals surface area contributed by atoms with Gasteiger partial charge in [-0.15, -0.1) is 0 Å². The zero-order valence-electron chi connectivity index (χ0n) is 14.1. The van der Waals surface area contributed by atoms with Crippen molar-refractivity contribution in [1.82, 2.24) is 14.5 Å². The lowest BCUT2D eigenvalue weighted by atomic mass is 9.91. The summed E-state index contributed by atoms with van der Waals surface area (Å²) in [5.74, 6) is 1.21. The molecule has 23 heavy (non-hydrogen) atoms. The van der Waals surface area contributed by atoms with Crippen molar-refractivity contribution in [2.24, 2.45) is 5.41 Å². The largest absolute Gasteiger partial charge is 0.361 e. The van der Waals surface area contributed by atoms with Crippen LogP contribution in [0, 0.1) is 12.0 Å². The molecule has 5 heteroatoms. The summed E-state index contributed by atoms with van der Waals surface area (Å²) in [5.41, 5.74) is 2.76. The van der Waals surface area contributed by atoms with Crippen LogP contribution in [-0.2, 0) is 0 Å². The third kappa shape index (κ3) is 3.21. The molecule has 3 rings (SSSR count). The zero-order chi connectivity index (χ0) is 16.6. The molecule has 0 atom stereocenters. The molecule has 1 aliphatic rings. The molecule has 0 spiro atoms. The van der Waals surface area contributed by atoms with Crippen LogP contribution in [0.4, 0.5) is 11.8 Å².